The van der Waals surface area contributed by atoms with Crippen molar-refractivity contribution in [3.05, 3.63) is 0 Å². The largest absolute Gasteiger partial charge is 0.469 e. The summed E-state index contributed by atoms with van der Waals surface area (Å²) in [5.41, 5.74) is 5.40. The molecular formula is C14H25N4O8P. The molecule has 13 heteroatoms. The topological polar surface area (TPSA) is 188 Å². The lowest BCUT2D eigenvalue weighted by molar-refractivity contribution is -0.139. The average Bonchev–Trinajstić information content (AvgIpc) is 3.04. The molecule has 1 aliphatic rings. The number of amides is 3. The minimum atomic E-state index is -4.89. The molecule has 1 aliphatic heterocycles. The first-order valence-corrected chi connectivity index (χ1v) is 9.81. The first-order valence-electron chi connectivity index (χ1n) is 8.28. The molecule has 154 valence electrons. The Hall–Kier alpha value is -1.85. The Labute approximate surface area is 156 Å². The van der Waals surface area contributed by atoms with Gasteiger partial charge in [-0.3, -0.25) is 18.9 Å². The van der Waals surface area contributed by atoms with Crippen LogP contribution in [0.4, 0.5) is 0 Å². The molecule has 0 aliphatic carbocycles. The first kappa shape index (κ1) is 23.2. The Balaban J connectivity index is 2.77. The van der Waals surface area contributed by atoms with Gasteiger partial charge in [0.15, 0.2) is 0 Å². The summed E-state index contributed by atoms with van der Waals surface area (Å²) in [6, 6.07) is -4.04. The van der Waals surface area contributed by atoms with Crippen LogP contribution in [0.3, 0.4) is 0 Å². The van der Waals surface area contributed by atoms with Gasteiger partial charge in [-0.05, 0) is 26.7 Å². The summed E-state index contributed by atoms with van der Waals surface area (Å²) >= 11 is 0. The summed E-state index contributed by atoms with van der Waals surface area (Å²) in [6.07, 6.45) is 1.87. The van der Waals surface area contributed by atoms with E-state index in [-0.39, 0.29) is 0 Å². The third-order valence-electron chi connectivity index (χ3n) is 3.92. The van der Waals surface area contributed by atoms with Gasteiger partial charge < -0.3 is 35.8 Å². The molecule has 0 aromatic rings. The highest BCUT2D eigenvalue weighted by atomic mass is 31.2. The smallest absolute Gasteiger partial charge is 0.343 e. The molecule has 12 nitrogen and oxygen atoms in total. The number of nitrogens with one attached hydrogen (secondary N) is 2. The SMILES string of the molecule is C[C@H](N)C(=O)N[C@@H](COP(=O)(O)O)C(=O)N[C@@H](C)C(=O)N1CCC[C@H]1C=O. The molecule has 1 fully saturated rings. The summed E-state index contributed by atoms with van der Waals surface area (Å²) in [7, 11) is -4.89. The zero-order chi connectivity index (χ0) is 20.8. The summed E-state index contributed by atoms with van der Waals surface area (Å²) in [5.74, 6) is -2.12. The van der Waals surface area contributed by atoms with Crippen molar-refractivity contribution >= 4 is 31.8 Å². The Morgan fingerprint density at radius 2 is 1.93 bits per heavy atom. The van der Waals surface area contributed by atoms with Gasteiger partial charge in [0.1, 0.15) is 18.4 Å². The van der Waals surface area contributed by atoms with E-state index >= 15 is 0 Å². The van der Waals surface area contributed by atoms with Crippen molar-refractivity contribution in [2.75, 3.05) is 13.2 Å². The fraction of sp³-hybridized carbons (Fsp3) is 0.714. The van der Waals surface area contributed by atoms with Gasteiger partial charge in [0.2, 0.25) is 17.7 Å². The van der Waals surface area contributed by atoms with E-state index in [4.69, 9.17) is 15.5 Å². The van der Waals surface area contributed by atoms with E-state index in [1.54, 1.807) is 0 Å². The molecule has 0 aromatic carbocycles. The van der Waals surface area contributed by atoms with E-state index in [9.17, 15) is 23.7 Å². The van der Waals surface area contributed by atoms with Gasteiger partial charge in [0.25, 0.3) is 0 Å². The molecule has 0 spiro atoms. The molecule has 0 aromatic heterocycles. The van der Waals surface area contributed by atoms with E-state index in [2.05, 4.69) is 15.2 Å². The highest BCUT2D eigenvalue weighted by Gasteiger charge is 2.33. The first-order chi connectivity index (χ1) is 12.5. The quantitative estimate of drug-likeness (QED) is 0.205. The second kappa shape index (κ2) is 9.90. The molecule has 6 N–H and O–H groups in total. The summed E-state index contributed by atoms with van der Waals surface area (Å²) < 4.78 is 15.1. The van der Waals surface area contributed by atoms with Crippen LogP contribution in [0.25, 0.3) is 0 Å². The number of nitrogens with zero attached hydrogens (tertiary/aromatic N) is 1. The zero-order valence-electron chi connectivity index (χ0n) is 15.0. The lowest BCUT2D eigenvalue weighted by atomic mass is 10.2. The van der Waals surface area contributed by atoms with Crippen LogP contribution >= 0.6 is 7.82 Å². The molecule has 1 rings (SSSR count). The van der Waals surface area contributed by atoms with Crippen molar-refractivity contribution in [2.24, 2.45) is 5.73 Å². The standard InChI is InChI=1S/C14H25N4O8P/c1-8(15)12(20)17-11(7-26-27(23,24)25)13(21)16-9(2)14(22)18-5-3-4-10(18)6-19/h6,8-11H,3-5,7,15H2,1-2H3,(H,16,21)(H,17,20)(H2,23,24,25)/t8-,9-,10-,11-/m0/s1. The molecule has 1 saturated heterocycles. The summed E-state index contributed by atoms with van der Waals surface area (Å²) in [4.78, 5) is 66.4. The number of phosphoric acid groups is 1. The molecule has 27 heavy (non-hydrogen) atoms. The van der Waals surface area contributed by atoms with E-state index < -0.39 is 56.3 Å². The number of carbonyl (C=O) groups excluding carboxylic acids is 4. The second-order valence-corrected chi connectivity index (χ2v) is 7.48. The van der Waals surface area contributed by atoms with Gasteiger partial charge in [0.05, 0.1) is 18.7 Å². The van der Waals surface area contributed by atoms with Gasteiger partial charge in [-0.1, -0.05) is 0 Å². The van der Waals surface area contributed by atoms with Crippen LogP contribution in [0, 0.1) is 0 Å². The lowest BCUT2D eigenvalue weighted by Crippen LogP contribution is -2.56. The van der Waals surface area contributed by atoms with Crippen molar-refractivity contribution < 1.29 is 38.1 Å². The van der Waals surface area contributed by atoms with Crippen molar-refractivity contribution in [2.45, 2.75) is 50.9 Å². The normalized spacial score (nSPS) is 20.5. The van der Waals surface area contributed by atoms with Crippen LogP contribution in [-0.2, 0) is 28.3 Å². The predicted molar refractivity (Wildman–Crippen MR) is 92.0 cm³/mol. The van der Waals surface area contributed by atoms with Gasteiger partial charge in [-0.2, -0.15) is 0 Å². The van der Waals surface area contributed by atoms with E-state index in [0.29, 0.717) is 25.7 Å². The van der Waals surface area contributed by atoms with Crippen LogP contribution in [-0.4, -0.2) is 76.0 Å². The maximum absolute atomic E-state index is 12.4. The van der Waals surface area contributed by atoms with Crippen LogP contribution in [0.2, 0.25) is 0 Å². The molecule has 0 radical (unpaired) electrons. The minimum Gasteiger partial charge on any atom is -0.343 e. The minimum absolute atomic E-state index is 0.384. The monoisotopic (exact) mass is 408 g/mol. The zero-order valence-corrected chi connectivity index (χ0v) is 15.9. The number of rotatable bonds is 9. The number of hydrogen-bond acceptors (Lipinski definition) is 7. The van der Waals surface area contributed by atoms with Crippen LogP contribution in [0.1, 0.15) is 26.7 Å². The van der Waals surface area contributed by atoms with Crippen molar-refractivity contribution in [1.29, 1.82) is 0 Å². The predicted octanol–water partition coefficient (Wildman–Crippen LogP) is -2.38. The molecule has 3 amide bonds. The number of aldehydes is 1. The van der Waals surface area contributed by atoms with E-state index in [0.717, 1.165) is 0 Å². The fourth-order valence-corrected chi connectivity index (χ4v) is 2.83. The Kier molecular flexibility index (Phi) is 8.51. The fourth-order valence-electron chi connectivity index (χ4n) is 2.49. The maximum Gasteiger partial charge on any atom is 0.469 e. The summed E-state index contributed by atoms with van der Waals surface area (Å²) in [6.45, 7) is 2.31. The van der Waals surface area contributed by atoms with E-state index in [1.165, 1.54) is 18.7 Å². The third kappa shape index (κ3) is 7.35. The van der Waals surface area contributed by atoms with E-state index in [1.807, 2.05) is 0 Å². The molecule has 0 saturated carbocycles. The van der Waals surface area contributed by atoms with Crippen LogP contribution in [0.5, 0.6) is 0 Å². The third-order valence-corrected chi connectivity index (χ3v) is 4.41. The number of phosphoric ester groups is 1. The summed E-state index contributed by atoms with van der Waals surface area (Å²) in [5, 5.41) is 4.54. The number of carbonyl (C=O) groups is 4. The van der Waals surface area contributed by atoms with Gasteiger partial charge in [0, 0.05) is 6.54 Å². The van der Waals surface area contributed by atoms with Gasteiger partial charge >= 0.3 is 7.82 Å². The molecule has 0 unspecified atom stereocenters. The van der Waals surface area contributed by atoms with Crippen LogP contribution < -0.4 is 16.4 Å². The molecular weight excluding hydrogens is 383 g/mol. The van der Waals surface area contributed by atoms with Crippen molar-refractivity contribution in [3.8, 4) is 0 Å². The maximum atomic E-state index is 12.4. The van der Waals surface area contributed by atoms with Crippen molar-refractivity contribution in [1.82, 2.24) is 15.5 Å². The van der Waals surface area contributed by atoms with Gasteiger partial charge in [-0.25, -0.2) is 4.57 Å². The number of hydrogen-bond donors (Lipinski definition) is 5. The Morgan fingerprint density at radius 1 is 1.30 bits per heavy atom. The second-order valence-electron chi connectivity index (χ2n) is 6.24. The van der Waals surface area contributed by atoms with Crippen molar-refractivity contribution in [3.63, 3.8) is 0 Å². The molecule has 4 atom stereocenters. The molecule has 0 bridgehead atoms. The lowest BCUT2D eigenvalue weighted by Gasteiger charge is -2.26. The average molecular weight is 408 g/mol. The Morgan fingerprint density at radius 3 is 2.44 bits per heavy atom. The van der Waals surface area contributed by atoms with Crippen LogP contribution in [0.15, 0.2) is 0 Å². The number of likely N-dealkylation sites (tertiary alicyclic amines) is 1. The highest BCUT2D eigenvalue weighted by molar-refractivity contribution is 7.46. The number of nitrogens with two attached hydrogens (primary N) is 1. The highest BCUT2D eigenvalue weighted by Crippen LogP contribution is 2.35. The Bertz CT molecular complexity index is 622. The molecule has 1 heterocycles. The van der Waals surface area contributed by atoms with Gasteiger partial charge in [-0.15, -0.1) is 0 Å².